The number of methoxy groups -OCH3 is 1. The zero-order valence-electron chi connectivity index (χ0n) is 10.2. The Morgan fingerprint density at radius 1 is 1.27 bits per heavy atom. The van der Waals surface area contributed by atoms with Crippen molar-refractivity contribution >= 4 is 5.91 Å². The Balaban J connectivity index is 0. The van der Waals surface area contributed by atoms with Crippen LogP contribution in [-0.2, 0) is 9.53 Å². The van der Waals surface area contributed by atoms with E-state index in [0.717, 1.165) is 25.9 Å². The van der Waals surface area contributed by atoms with E-state index in [1.54, 1.807) is 26.0 Å². The molecule has 0 spiro atoms. The number of rotatable bonds is 0. The van der Waals surface area contributed by atoms with Gasteiger partial charge in [0.1, 0.15) is 0 Å². The zero-order chi connectivity index (χ0) is 12.1. The maximum absolute atomic E-state index is 11.0. The molecule has 0 aliphatic carbocycles. The molecule has 0 bridgehead atoms. The predicted molar refractivity (Wildman–Crippen MR) is 62.3 cm³/mol. The first-order valence-corrected chi connectivity index (χ1v) is 4.95. The van der Waals surface area contributed by atoms with E-state index in [9.17, 15) is 4.79 Å². The van der Waals surface area contributed by atoms with Gasteiger partial charge in [-0.15, -0.1) is 0 Å². The second kappa shape index (κ2) is 12.9. The molecule has 1 saturated heterocycles. The highest BCUT2D eigenvalue weighted by Gasteiger charge is 2.14. The summed E-state index contributed by atoms with van der Waals surface area (Å²) in [4.78, 5) is 12.8. The molecular formula is C11H22N2O2. The molecule has 0 saturated carbocycles. The average molecular weight is 214 g/mol. The van der Waals surface area contributed by atoms with Crippen LogP contribution in [0.2, 0.25) is 0 Å². The Hall–Kier alpha value is -1.05. The van der Waals surface area contributed by atoms with Gasteiger partial charge in [-0.1, -0.05) is 5.92 Å². The second-order valence-corrected chi connectivity index (χ2v) is 2.78. The number of hydrogen-bond donors (Lipinski definition) is 1. The lowest BCUT2D eigenvalue weighted by Crippen LogP contribution is -2.25. The summed E-state index contributed by atoms with van der Waals surface area (Å²) in [7, 11) is 4.75. The van der Waals surface area contributed by atoms with E-state index in [1.807, 2.05) is 0 Å². The first-order chi connectivity index (χ1) is 7.26. The maximum atomic E-state index is 11.0. The molecule has 0 unspecified atom stereocenters. The maximum Gasteiger partial charge on any atom is 0.298 e. The van der Waals surface area contributed by atoms with Gasteiger partial charge in [-0.25, -0.2) is 0 Å². The van der Waals surface area contributed by atoms with Gasteiger partial charge in [-0.3, -0.25) is 4.79 Å². The topological polar surface area (TPSA) is 55.6 Å². The van der Waals surface area contributed by atoms with Crippen LogP contribution in [0, 0.1) is 11.8 Å². The molecule has 1 amide bonds. The number of ether oxygens (including phenoxy) is 1. The molecule has 15 heavy (non-hydrogen) atoms. The van der Waals surface area contributed by atoms with E-state index in [2.05, 4.69) is 22.3 Å². The van der Waals surface area contributed by atoms with Gasteiger partial charge in [0.05, 0.1) is 0 Å². The number of carbonyl (C=O) groups is 1. The van der Waals surface area contributed by atoms with Gasteiger partial charge in [-0.2, -0.15) is 0 Å². The van der Waals surface area contributed by atoms with Crippen molar-refractivity contribution in [3.05, 3.63) is 0 Å². The van der Waals surface area contributed by atoms with Gasteiger partial charge in [0, 0.05) is 27.3 Å². The largest absolute Gasteiger partial charge is 0.388 e. The van der Waals surface area contributed by atoms with Gasteiger partial charge in [-0.05, 0) is 32.7 Å². The van der Waals surface area contributed by atoms with Gasteiger partial charge < -0.3 is 15.4 Å². The Labute approximate surface area is 92.8 Å². The Kier molecular flexibility index (Phi) is 14.1. The molecule has 0 aromatic heterocycles. The number of likely N-dealkylation sites (tertiary alicyclic amines) is 1. The van der Waals surface area contributed by atoms with Crippen LogP contribution < -0.4 is 5.73 Å². The van der Waals surface area contributed by atoms with Gasteiger partial charge in [0.15, 0.2) is 0 Å². The average Bonchev–Trinajstić information content (AvgIpc) is 2.75. The number of nitrogens with zero attached hydrogens (tertiary/aromatic N) is 1. The van der Waals surface area contributed by atoms with Crippen molar-refractivity contribution < 1.29 is 9.53 Å². The van der Waals surface area contributed by atoms with Crippen LogP contribution in [0.5, 0.6) is 0 Å². The smallest absolute Gasteiger partial charge is 0.298 e. The summed E-state index contributed by atoms with van der Waals surface area (Å²) in [5, 5.41) is 0. The Morgan fingerprint density at radius 3 is 2.00 bits per heavy atom. The van der Waals surface area contributed by atoms with Gasteiger partial charge >= 0.3 is 0 Å². The van der Waals surface area contributed by atoms with E-state index in [1.165, 1.54) is 7.05 Å². The van der Waals surface area contributed by atoms with E-state index >= 15 is 0 Å². The molecule has 0 aromatic carbocycles. The summed E-state index contributed by atoms with van der Waals surface area (Å²) in [5.74, 6) is 5.11. The van der Waals surface area contributed by atoms with Crippen molar-refractivity contribution in [3.8, 4) is 11.8 Å². The molecule has 1 aliphatic heterocycles. The van der Waals surface area contributed by atoms with Crippen molar-refractivity contribution in [1.29, 1.82) is 0 Å². The van der Waals surface area contributed by atoms with Gasteiger partial charge in [0.2, 0.25) is 0 Å². The van der Waals surface area contributed by atoms with Crippen molar-refractivity contribution in [2.24, 2.45) is 5.73 Å². The number of hydrogen-bond acceptors (Lipinski definition) is 3. The van der Waals surface area contributed by atoms with E-state index < -0.39 is 0 Å². The van der Waals surface area contributed by atoms with E-state index in [0.29, 0.717) is 0 Å². The zero-order valence-corrected chi connectivity index (χ0v) is 10.2. The van der Waals surface area contributed by atoms with Crippen LogP contribution in [0.1, 0.15) is 19.8 Å². The minimum Gasteiger partial charge on any atom is -0.388 e. The highest BCUT2D eigenvalue weighted by Crippen LogP contribution is 2.06. The van der Waals surface area contributed by atoms with Crippen LogP contribution in [0.4, 0.5) is 0 Å². The quantitative estimate of drug-likeness (QED) is 0.596. The highest BCUT2D eigenvalue weighted by atomic mass is 16.4. The molecule has 4 nitrogen and oxygen atoms in total. The molecule has 1 heterocycles. The summed E-state index contributed by atoms with van der Waals surface area (Å²) in [6, 6.07) is 0. The lowest BCUT2D eigenvalue weighted by Gasteiger charge is -2.09. The number of nitrogens with two attached hydrogens (primary N) is 1. The predicted octanol–water partition coefficient (Wildman–Crippen LogP) is 0.470. The molecule has 1 rings (SSSR count). The normalized spacial score (nSPS) is 12.5. The summed E-state index contributed by atoms with van der Waals surface area (Å²) < 4.78 is 4.25. The number of amides is 1. The fraction of sp³-hybridized carbons (Fsp3) is 0.727. The van der Waals surface area contributed by atoms with Crippen LogP contribution in [0.3, 0.4) is 0 Å². The summed E-state index contributed by atoms with van der Waals surface area (Å²) in [6.07, 6.45) is 2.27. The lowest BCUT2D eigenvalue weighted by molar-refractivity contribution is -0.124. The first-order valence-electron chi connectivity index (χ1n) is 4.95. The Bertz CT molecular complexity index is 200. The standard InChI is InChI=1S/C8H11NO.C2H6O.CH5N/c1-2-5-8(10)9-6-3-4-7-9;1-3-2;1-2/h3-4,6-7H2,1H3;1-2H3;2H2,1H3. The molecule has 0 radical (unpaired) electrons. The van der Waals surface area contributed by atoms with Gasteiger partial charge in [0.25, 0.3) is 5.91 Å². The van der Waals surface area contributed by atoms with Crippen LogP contribution >= 0.6 is 0 Å². The lowest BCUT2D eigenvalue weighted by atomic mass is 10.4. The summed E-state index contributed by atoms with van der Waals surface area (Å²) in [5.41, 5.74) is 4.50. The van der Waals surface area contributed by atoms with Crippen LogP contribution in [-0.4, -0.2) is 45.2 Å². The van der Waals surface area contributed by atoms with Crippen molar-refractivity contribution in [3.63, 3.8) is 0 Å². The highest BCUT2D eigenvalue weighted by molar-refractivity contribution is 5.93. The second-order valence-electron chi connectivity index (χ2n) is 2.78. The first kappa shape index (κ1) is 16.4. The molecule has 1 fully saturated rings. The monoisotopic (exact) mass is 214 g/mol. The molecule has 2 N–H and O–H groups in total. The van der Waals surface area contributed by atoms with Crippen LogP contribution in [0.25, 0.3) is 0 Å². The summed E-state index contributed by atoms with van der Waals surface area (Å²) >= 11 is 0. The SMILES string of the molecule is CC#CC(=O)N1CCCC1.CN.COC. The fourth-order valence-corrected chi connectivity index (χ4v) is 1.11. The minimum atomic E-state index is -0.0139. The minimum absolute atomic E-state index is 0.0139. The summed E-state index contributed by atoms with van der Waals surface area (Å²) in [6.45, 7) is 3.48. The molecule has 4 heteroatoms. The van der Waals surface area contributed by atoms with Crippen molar-refractivity contribution in [2.45, 2.75) is 19.8 Å². The third kappa shape index (κ3) is 9.26. The molecule has 0 atom stereocenters. The molecule has 0 aromatic rings. The number of carbonyl (C=O) groups excluding carboxylic acids is 1. The molecular weight excluding hydrogens is 192 g/mol. The van der Waals surface area contributed by atoms with Crippen molar-refractivity contribution in [2.75, 3.05) is 34.4 Å². The van der Waals surface area contributed by atoms with E-state index in [-0.39, 0.29) is 5.91 Å². The third-order valence-electron chi connectivity index (χ3n) is 1.63. The molecule has 88 valence electrons. The van der Waals surface area contributed by atoms with E-state index in [4.69, 9.17) is 0 Å². The Morgan fingerprint density at radius 2 is 1.67 bits per heavy atom. The third-order valence-corrected chi connectivity index (χ3v) is 1.63. The van der Waals surface area contributed by atoms with Crippen LogP contribution in [0.15, 0.2) is 0 Å². The molecule has 1 aliphatic rings. The fourth-order valence-electron chi connectivity index (χ4n) is 1.11. The van der Waals surface area contributed by atoms with Crippen molar-refractivity contribution in [1.82, 2.24) is 4.90 Å².